The van der Waals surface area contributed by atoms with Crippen LogP contribution in [-0.4, -0.2) is 88.3 Å². The molecule has 4 heterocycles. The van der Waals surface area contributed by atoms with Crippen molar-refractivity contribution < 1.29 is 0 Å². The summed E-state index contributed by atoms with van der Waals surface area (Å²) in [6.45, 7) is 4.66. The molecule has 2 aliphatic heterocycles. The van der Waals surface area contributed by atoms with Crippen LogP contribution < -0.4 is 15.8 Å². The third-order valence-corrected chi connectivity index (χ3v) is 6.06. The summed E-state index contributed by atoms with van der Waals surface area (Å²) in [5.74, 6) is 0.695. The van der Waals surface area contributed by atoms with Crippen molar-refractivity contribution in [2.24, 2.45) is 7.05 Å². The predicted octanol–water partition coefficient (Wildman–Crippen LogP) is 1.69. The second-order valence-electron chi connectivity index (χ2n) is 8.08. The molecule has 2 fully saturated rings. The summed E-state index contributed by atoms with van der Waals surface area (Å²) in [4.78, 5) is 32.6. The molecule has 0 amide bonds. The van der Waals surface area contributed by atoms with Crippen molar-refractivity contribution in [1.82, 2.24) is 34.6 Å². The van der Waals surface area contributed by atoms with Gasteiger partial charge in [0.15, 0.2) is 0 Å². The van der Waals surface area contributed by atoms with Crippen molar-refractivity contribution in [1.29, 1.82) is 0 Å². The monoisotopic (exact) mass is 542 g/mol. The summed E-state index contributed by atoms with van der Waals surface area (Å²) in [5.41, 5.74) is 1.18. The SMILES string of the molecule is CN(C)C1CCN(C2CN(c3nc(-c4ccncn4)cc(=O)n3C)CCN2)CC1.Cl.Cl.Cl.Cl. The van der Waals surface area contributed by atoms with Gasteiger partial charge in [-0.1, -0.05) is 0 Å². The minimum atomic E-state index is -0.0782. The molecule has 2 aromatic heterocycles. The fourth-order valence-electron chi connectivity index (χ4n) is 4.25. The summed E-state index contributed by atoms with van der Waals surface area (Å²) < 4.78 is 1.63. The van der Waals surface area contributed by atoms with Crippen molar-refractivity contribution in [2.45, 2.75) is 25.0 Å². The number of piperazine rings is 1. The van der Waals surface area contributed by atoms with E-state index in [4.69, 9.17) is 4.98 Å². The Kier molecular flexibility index (Phi) is 13.7. The average molecular weight is 544 g/mol. The maximum Gasteiger partial charge on any atom is 0.255 e. The Bertz CT molecular complexity index is 893. The van der Waals surface area contributed by atoms with E-state index in [0.29, 0.717) is 23.4 Å². The maximum absolute atomic E-state index is 12.6. The van der Waals surface area contributed by atoms with Crippen molar-refractivity contribution in [3.8, 4) is 11.4 Å². The average Bonchev–Trinajstić information content (AvgIpc) is 2.76. The lowest BCUT2D eigenvalue weighted by Crippen LogP contribution is -2.61. The number of hydrogen-bond acceptors (Lipinski definition) is 8. The molecule has 2 aliphatic rings. The first-order chi connectivity index (χ1) is 14.0. The summed E-state index contributed by atoms with van der Waals surface area (Å²) >= 11 is 0. The highest BCUT2D eigenvalue weighted by Gasteiger charge is 2.30. The highest BCUT2D eigenvalue weighted by Crippen LogP contribution is 2.20. The minimum Gasteiger partial charge on any atom is -0.338 e. The number of halogens is 4. The van der Waals surface area contributed by atoms with Gasteiger partial charge in [0.25, 0.3) is 5.56 Å². The number of nitrogens with zero attached hydrogens (tertiary/aromatic N) is 7. The molecule has 0 saturated carbocycles. The van der Waals surface area contributed by atoms with Gasteiger partial charge in [0.05, 0.1) is 17.6 Å². The van der Waals surface area contributed by atoms with Crippen LogP contribution in [0.2, 0.25) is 0 Å². The second kappa shape index (κ2) is 14.3. The van der Waals surface area contributed by atoms with E-state index in [9.17, 15) is 4.79 Å². The Labute approximate surface area is 220 Å². The standard InChI is InChI=1S/C20H30N8O.4ClH/c1-25(2)15-5-9-27(10-6-15)18-13-28(11-8-22-18)20-24-17(12-19(29)26(20)3)16-4-7-21-14-23-16;;;;/h4,7,12,14-15,18,22H,5-6,8-11,13H2,1-3H3;4*1H. The number of aromatic nitrogens is 4. The van der Waals surface area contributed by atoms with Crippen LogP contribution in [-0.2, 0) is 7.05 Å². The van der Waals surface area contributed by atoms with E-state index in [0.717, 1.165) is 32.7 Å². The van der Waals surface area contributed by atoms with E-state index in [1.54, 1.807) is 23.9 Å². The fraction of sp³-hybridized carbons (Fsp3) is 0.600. The van der Waals surface area contributed by atoms with Crippen LogP contribution in [0, 0.1) is 0 Å². The van der Waals surface area contributed by atoms with Crippen LogP contribution in [0.25, 0.3) is 11.4 Å². The maximum atomic E-state index is 12.6. The summed E-state index contributed by atoms with van der Waals surface area (Å²) in [6.07, 6.45) is 5.79. The van der Waals surface area contributed by atoms with E-state index in [2.05, 4.69) is 44.1 Å². The molecule has 33 heavy (non-hydrogen) atoms. The van der Waals surface area contributed by atoms with Gasteiger partial charge in [0.2, 0.25) is 5.95 Å². The number of hydrogen-bond donors (Lipinski definition) is 1. The van der Waals surface area contributed by atoms with Crippen molar-refractivity contribution >= 4 is 55.6 Å². The summed E-state index contributed by atoms with van der Waals surface area (Å²) in [7, 11) is 6.11. The molecule has 0 aromatic carbocycles. The van der Waals surface area contributed by atoms with Gasteiger partial charge in [-0.15, -0.1) is 49.6 Å². The Hall–Kier alpha value is -1.20. The Morgan fingerprint density at radius 2 is 1.76 bits per heavy atom. The molecule has 1 atom stereocenters. The van der Waals surface area contributed by atoms with Crippen LogP contribution in [0.1, 0.15) is 12.8 Å². The predicted molar refractivity (Wildman–Crippen MR) is 142 cm³/mol. The second-order valence-corrected chi connectivity index (χ2v) is 8.08. The van der Waals surface area contributed by atoms with Gasteiger partial charge in [-0.2, -0.15) is 0 Å². The molecule has 9 nitrogen and oxygen atoms in total. The van der Waals surface area contributed by atoms with E-state index in [1.165, 1.54) is 25.2 Å². The van der Waals surface area contributed by atoms with E-state index in [-0.39, 0.29) is 61.4 Å². The third-order valence-electron chi connectivity index (χ3n) is 6.06. The Balaban J connectivity index is 0.00000256. The van der Waals surface area contributed by atoms with Crippen LogP contribution >= 0.6 is 49.6 Å². The lowest BCUT2D eigenvalue weighted by molar-refractivity contribution is 0.0893. The molecule has 0 aliphatic carbocycles. The van der Waals surface area contributed by atoms with Gasteiger partial charge in [-0.25, -0.2) is 15.0 Å². The first-order valence-electron chi connectivity index (χ1n) is 10.3. The lowest BCUT2D eigenvalue weighted by atomic mass is 10.0. The van der Waals surface area contributed by atoms with Crippen molar-refractivity contribution in [3.63, 3.8) is 0 Å². The van der Waals surface area contributed by atoms with Gasteiger partial charge >= 0.3 is 0 Å². The summed E-state index contributed by atoms with van der Waals surface area (Å²) in [6, 6.07) is 3.98. The molecule has 0 bridgehead atoms. The zero-order chi connectivity index (χ0) is 20.4. The molecule has 2 saturated heterocycles. The molecular formula is C20H34Cl4N8O. The number of piperidine rings is 1. The van der Waals surface area contributed by atoms with Gasteiger partial charge < -0.3 is 9.80 Å². The lowest BCUT2D eigenvalue weighted by Gasteiger charge is -2.44. The molecule has 0 radical (unpaired) electrons. The van der Waals surface area contributed by atoms with Crippen LogP contribution in [0.5, 0.6) is 0 Å². The van der Waals surface area contributed by atoms with Gasteiger partial charge in [-0.3, -0.25) is 19.6 Å². The molecule has 0 spiro atoms. The van der Waals surface area contributed by atoms with Crippen LogP contribution in [0.3, 0.4) is 0 Å². The zero-order valence-corrected chi connectivity index (χ0v) is 22.4. The number of nitrogens with one attached hydrogen (secondary N) is 1. The first-order valence-corrected chi connectivity index (χ1v) is 10.3. The molecule has 2 aromatic rings. The number of rotatable bonds is 4. The smallest absolute Gasteiger partial charge is 0.255 e. The molecule has 4 rings (SSSR count). The van der Waals surface area contributed by atoms with Crippen molar-refractivity contribution in [3.05, 3.63) is 35.0 Å². The first kappa shape index (κ1) is 31.8. The molecular weight excluding hydrogens is 510 g/mol. The van der Waals surface area contributed by atoms with E-state index in [1.807, 2.05) is 0 Å². The largest absolute Gasteiger partial charge is 0.338 e. The highest BCUT2D eigenvalue weighted by molar-refractivity contribution is 5.86. The Morgan fingerprint density at radius 1 is 1.06 bits per heavy atom. The minimum absolute atomic E-state index is 0. The number of likely N-dealkylation sites (tertiary alicyclic amines) is 1. The Morgan fingerprint density at radius 3 is 2.36 bits per heavy atom. The van der Waals surface area contributed by atoms with E-state index < -0.39 is 0 Å². The quantitative estimate of drug-likeness (QED) is 0.623. The molecule has 1 unspecified atom stereocenters. The third kappa shape index (κ3) is 7.39. The molecule has 188 valence electrons. The van der Waals surface area contributed by atoms with Gasteiger partial charge in [-0.05, 0) is 33.0 Å². The highest BCUT2D eigenvalue weighted by atomic mass is 35.5. The molecule has 1 N–H and O–H groups in total. The number of anilines is 1. The fourth-order valence-corrected chi connectivity index (χ4v) is 4.25. The van der Waals surface area contributed by atoms with Crippen LogP contribution in [0.4, 0.5) is 5.95 Å². The molecule has 13 heteroatoms. The van der Waals surface area contributed by atoms with Crippen LogP contribution in [0.15, 0.2) is 29.5 Å². The van der Waals surface area contributed by atoms with Gasteiger partial charge in [0, 0.05) is 58.1 Å². The zero-order valence-electron chi connectivity index (χ0n) is 19.1. The normalized spacial score (nSPS) is 19.0. The van der Waals surface area contributed by atoms with Gasteiger partial charge in [0.1, 0.15) is 6.33 Å². The van der Waals surface area contributed by atoms with Crippen molar-refractivity contribution in [2.75, 3.05) is 51.7 Å². The summed E-state index contributed by atoms with van der Waals surface area (Å²) in [5, 5.41) is 3.65. The van der Waals surface area contributed by atoms with E-state index >= 15 is 0 Å². The topological polar surface area (TPSA) is 82.4 Å².